The third kappa shape index (κ3) is 4.53. The van der Waals surface area contributed by atoms with Gasteiger partial charge in [0.15, 0.2) is 5.69 Å². The first kappa shape index (κ1) is 20.8. The highest BCUT2D eigenvalue weighted by molar-refractivity contribution is 7.89. The van der Waals surface area contributed by atoms with Crippen molar-refractivity contribution < 1.29 is 21.6 Å². The van der Waals surface area contributed by atoms with Crippen LogP contribution >= 0.6 is 0 Å². The minimum atomic E-state index is -4.83. The number of hydrogen-bond acceptors (Lipinski definition) is 4. The third-order valence-electron chi connectivity index (χ3n) is 5.02. The molecule has 0 bridgehead atoms. The fourth-order valence-corrected chi connectivity index (χ4v) is 5.02. The zero-order chi connectivity index (χ0) is 20.4. The van der Waals surface area contributed by atoms with E-state index in [0.29, 0.717) is 25.9 Å². The average molecular weight is 413 g/mol. The first-order chi connectivity index (χ1) is 13.2. The van der Waals surface area contributed by atoms with Gasteiger partial charge in [-0.25, -0.2) is 8.42 Å². The zero-order valence-electron chi connectivity index (χ0n) is 15.4. The minimum Gasteiger partial charge on any atom is -0.299 e. The highest BCUT2D eigenvalue weighted by Gasteiger charge is 2.41. The maximum atomic E-state index is 13.2. The number of halogens is 3. The normalized spacial score (nSPS) is 17.2. The first-order valence-electron chi connectivity index (χ1n) is 8.96. The van der Waals surface area contributed by atoms with Crippen LogP contribution in [0.15, 0.2) is 53.6 Å². The topological polar surface area (TPSA) is 53.5 Å². The molecule has 2 heterocycles. The van der Waals surface area contributed by atoms with Crippen molar-refractivity contribution >= 4 is 10.0 Å². The van der Waals surface area contributed by atoms with E-state index in [0.717, 1.165) is 23.1 Å². The molecule has 5 nitrogen and oxygen atoms in total. The molecular formula is C19H22F3N3O2S. The maximum absolute atomic E-state index is 13.2. The summed E-state index contributed by atoms with van der Waals surface area (Å²) in [5.74, 6) is 0. The molecular weight excluding hydrogens is 391 g/mol. The number of hydrogen-bond donors (Lipinski definition) is 0. The monoisotopic (exact) mass is 413 g/mol. The van der Waals surface area contributed by atoms with Crippen molar-refractivity contribution in [2.45, 2.75) is 36.5 Å². The number of rotatable bonds is 5. The van der Waals surface area contributed by atoms with Crippen LogP contribution in [0.1, 0.15) is 24.1 Å². The summed E-state index contributed by atoms with van der Waals surface area (Å²) in [4.78, 5) is 4.69. The number of nitrogens with zero attached hydrogens (tertiary/aromatic N) is 3. The van der Waals surface area contributed by atoms with Gasteiger partial charge < -0.3 is 0 Å². The largest absolute Gasteiger partial charge is 0.434 e. The molecule has 0 amide bonds. The Hall–Kier alpha value is -1.97. The van der Waals surface area contributed by atoms with Crippen LogP contribution in [0, 0.1) is 0 Å². The van der Waals surface area contributed by atoms with Crippen LogP contribution in [0.25, 0.3) is 0 Å². The van der Waals surface area contributed by atoms with Crippen LogP contribution in [-0.2, 0) is 22.7 Å². The molecule has 0 unspecified atom stereocenters. The molecule has 1 aromatic heterocycles. The molecule has 3 rings (SSSR count). The number of likely N-dealkylation sites (tertiary alicyclic amines) is 1. The van der Waals surface area contributed by atoms with Crippen LogP contribution in [0.5, 0.6) is 0 Å². The Bertz CT molecular complexity index is 896. The Labute approximate surface area is 162 Å². The summed E-state index contributed by atoms with van der Waals surface area (Å²) >= 11 is 0. The van der Waals surface area contributed by atoms with Crippen molar-refractivity contribution in [3.05, 3.63) is 59.9 Å². The summed E-state index contributed by atoms with van der Waals surface area (Å²) in [6.45, 7) is 2.13. The fraction of sp³-hybridized carbons (Fsp3) is 0.421. The predicted octanol–water partition coefficient (Wildman–Crippen LogP) is 3.39. The van der Waals surface area contributed by atoms with Crippen LogP contribution in [0.2, 0.25) is 0 Å². The quantitative estimate of drug-likeness (QED) is 0.754. The zero-order valence-corrected chi connectivity index (χ0v) is 16.2. The molecule has 1 aliphatic heterocycles. The molecule has 2 aromatic rings. The molecule has 0 aliphatic carbocycles. The minimum absolute atomic E-state index is 0.349. The summed E-state index contributed by atoms with van der Waals surface area (Å²) in [5, 5.41) is 0. The average Bonchev–Trinajstić information content (AvgIpc) is 2.68. The Kier molecular flexibility index (Phi) is 6.07. The number of alkyl halides is 3. The number of pyridine rings is 1. The number of benzene rings is 1. The molecule has 0 radical (unpaired) electrons. The number of sulfonamides is 1. The summed E-state index contributed by atoms with van der Waals surface area (Å²) in [5.41, 5.74) is -0.199. The summed E-state index contributed by atoms with van der Waals surface area (Å²) in [7, 11) is -2.95. The van der Waals surface area contributed by atoms with Crippen LogP contribution in [0.3, 0.4) is 0 Å². The highest BCUT2D eigenvalue weighted by Crippen LogP contribution is 2.34. The number of piperidine rings is 1. The maximum Gasteiger partial charge on any atom is 0.434 e. The van der Waals surface area contributed by atoms with Crippen molar-refractivity contribution in [2.24, 2.45) is 0 Å². The van der Waals surface area contributed by atoms with Crippen LogP contribution in [-0.4, -0.2) is 48.8 Å². The molecule has 1 saturated heterocycles. The fourth-order valence-electron chi connectivity index (χ4n) is 3.45. The molecule has 9 heteroatoms. The van der Waals surface area contributed by atoms with Gasteiger partial charge in [-0.2, -0.15) is 17.5 Å². The summed E-state index contributed by atoms with van der Waals surface area (Å²) in [6, 6.07) is 11.8. The lowest BCUT2D eigenvalue weighted by molar-refractivity contribution is -0.143. The van der Waals surface area contributed by atoms with Crippen molar-refractivity contribution in [1.82, 2.24) is 14.2 Å². The summed E-state index contributed by atoms with van der Waals surface area (Å²) in [6.07, 6.45) is -2.76. The van der Waals surface area contributed by atoms with Crippen molar-refractivity contribution in [3.63, 3.8) is 0 Å². The molecule has 0 atom stereocenters. The number of aromatic nitrogens is 1. The molecule has 0 spiro atoms. The van der Waals surface area contributed by atoms with Gasteiger partial charge in [0, 0.05) is 38.9 Å². The summed E-state index contributed by atoms with van der Waals surface area (Å²) < 4.78 is 66.3. The molecule has 0 N–H and O–H groups in total. The lowest BCUT2D eigenvalue weighted by Crippen LogP contribution is -2.45. The van der Waals surface area contributed by atoms with Crippen molar-refractivity contribution in [2.75, 3.05) is 20.1 Å². The van der Waals surface area contributed by atoms with Gasteiger partial charge in [0.25, 0.3) is 0 Å². The van der Waals surface area contributed by atoms with Crippen LogP contribution < -0.4 is 0 Å². The van der Waals surface area contributed by atoms with Gasteiger partial charge in [-0.1, -0.05) is 30.3 Å². The van der Waals surface area contributed by atoms with Gasteiger partial charge in [-0.15, -0.1) is 0 Å². The van der Waals surface area contributed by atoms with Gasteiger partial charge in [0.2, 0.25) is 10.0 Å². The first-order valence-corrected chi connectivity index (χ1v) is 10.4. The van der Waals surface area contributed by atoms with E-state index in [-0.39, 0.29) is 6.04 Å². The second-order valence-corrected chi connectivity index (χ2v) is 8.83. The lowest BCUT2D eigenvalue weighted by atomic mass is 10.0. The van der Waals surface area contributed by atoms with E-state index in [9.17, 15) is 21.6 Å². The molecule has 1 aliphatic rings. The smallest absolute Gasteiger partial charge is 0.299 e. The highest BCUT2D eigenvalue weighted by atomic mass is 32.2. The van der Waals surface area contributed by atoms with Crippen LogP contribution in [0.4, 0.5) is 13.2 Å². The Morgan fingerprint density at radius 2 is 1.75 bits per heavy atom. The SMILES string of the molecule is CN(C1CCN(Cc2ccccc2)CC1)S(=O)(=O)c1cccnc1C(F)(F)F. The van der Waals surface area contributed by atoms with E-state index >= 15 is 0 Å². The Balaban J connectivity index is 1.70. The molecule has 1 fully saturated rings. The van der Waals surface area contributed by atoms with Crippen molar-refractivity contribution in [3.8, 4) is 0 Å². The molecule has 28 heavy (non-hydrogen) atoms. The Morgan fingerprint density at radius 3 is 2.36 bits per heavy atom. The van der Waals surface area contributed by atoms with Gasteiger partial charge in [0.1, 0.15) is 4.90 Å². The Morgan fingerprint density at radius 1 is 1.11 bits per heavy atom. The molecule has 1 aromatic carbocycles. The second-order valence-electron chi connectivity index (χ2n) is 6.86. The standard InChI is InChI=1S/C19H22F3N3O2S/c1-24(28(26,27)17-8-5-11-23-18(17)19(20,21)22)16-9-12-25(13-10-16)14-15-6-3-2-4-7-15/h2-8,11,16H,9-10,12-14H2,1H3. The van der Waals surface area contributed by atoms with E-state index in [2.05, 4.69) is 9.88 Å². The van der Waals surface area contributed by atoms with Gasteiger partial charge >= 0.3 is 6.18 Å². The third-order valence-corrected chi connectivity index (χ3v) is 6.96. The second kappa shape index (κ2) is 8.18. The van der Waals surface area contributed by atoms with Gasteiger partial charge in [-0.05, 0) is 30.5 Å². The van der Waals surface area contributed by atoms with E-state index in [4.69, 9.17) is 0 Å². The predicted molar refractivity (Wildman–Crippen MR) is 98.9 cm³/mol. The van der Waals surface area contributed by atoms with E-state index in [1.165, 1.54) is 18.7 Å². The van der Waals surface area contributed by atoms with E-state index in [1.807, 2.05) is 30.3 Å². The van der Waals surface area contributed by atoms with Gasteiger partial charge in [-0.3, -0.25) is 9.88 Å². The van der Waals surface area contributed by atoms with Gasteiger partial charge in [0.05, 0.1) is 0 Å². The van der Waals surface area contributed by atoms with E-state index in [1.54, 1.807) is 0 Å². The molecule has 152 valence electrons. The van der Waals surface area contributed by atoms with E-state index < -0.39 is 26.8 Å². The van der Waals surface area contributed by atoms with Crippen molar-refractivity contribution in [1.29, 1.82) is 0 Å². The lowest BCUT2D eigenvalue weighted by Gasteiger charge is -2.36. The molecule has 0 saturated carbocycles.